The van der Waals surface area contributed by atoms with Gasteiger partial charge >= 0.3 is 0 Å². The summed E-state index contributed by atoms with van der Waals surface area (Å²) >= 11 is 0. The molecule has 3 rings (SSSR count). The summed E-state index contributed by atoms with van der Waals surface area (Å²) in [5.41, 5.74) is 7.92. The number of ether oxygens (including phenoxy) is 1. The van der Waals surface area contributed by atoms with Crippen LogP contribution in [0, 0.1) is 12.7 Å². The lowest BCUT2D eigenvalue weighted by molar-refractivity contribution is 0.320. The zero-order valence-corrected chi connectivity index (χ0v) is 12.8. The van der Waals surface area contributed by atoms with E-state index in [2.05, 4.69) is 4.98 Å². The Hall–Kier alpha value is -2.82. The van der Waals surface area contributed by atoms with Crippen molar-refractivity contribution in [2.24, 2.45) is 0 Å². The predicted molar refractivity (Wildman–Crippen MR) is 86.7 cm³/mol. The lowest BCUT2D eigenvalue weighted by Gasteiger charge is -2.05. The Kier molecular flexibility index (Phi) is 4.28. The maximum absolute atomic E-state index is 13.0. The zero-order chi connectivity index (χ0) is 16.2. The zero-order valence-electron chi connectivity index (χ0n) is 12.8. The maximum atomic E-state index is 13.0. The number of rotatable bonds is 5. The lowest BCUT2D eigenvalue weighted by Crippen LogP contribution is -2.02. The van der Waals surface area contributed by atoms with Gasteiger partial charge in [0.15, 0.2) is 0 Å². The molecule has 0 aliphatic heterocycles. The number of hydrogen-bond donors (Lipinski definition) is 1. The SMILES string of the molecule is Cc1oc(-c2ccc(F)cc2)nc1CCOc1ccc(N)cc1. The van der Waals surface area contributed by atoms with E-state index in [0.717, 1.165) is 22.8 Å². The minimum atomic E-state index is -0.283. The first-order chi connectivity index (χ1) is 11.1. The summed E-state index contributed by atoms with van der Waals surface area (Å²) in [7, 11) is 0. The molecule has 0 atom stereocenters. The standard InChI is InChI=1S/C18H17FN2O2/c1-12-17(10-11-22-16-8-6-15(20)7-9-16)21-18(23-12)13-2-4-14(19)5-3-13/h2-9H,10-11,20H2,1H3. The van der Waals surface area contributed by atoms with Crippen molar-refractivity contribution >= 4 is 5.69 Å². The van der Waals surface area contributed by atoms with Crippen LogP contribution in [0.2, 0.25) is 0 Å². The molecule has 0 unspecified atom stereocenters. The van der Waals surface area contributed by atoms with Gasteiger partial charge in [-0.05, 0) is 55.5 Å². The molecule has 5 heteroatoms. The van der Waals surface area contributed by atoms with Gasteiger partial charge in [-0.15, -0.1) is 0 Å². The first-order valence-electron chi connectivity index (χ1n) is 7.32. The Labute approximate surface area is 133 Å². The van der Waals surface area contributed by atoms with Gasteiger partial charge < -0.3 is 14.9 Å². The normalized spacial score (nSPS) is 10.7. The molecule has 4 nitrogen and oxygen atoms in total. The summed E-state index contributed by atoms with van der Waals surface area (Å²) in [6.07, 6.45) is 0.626. The number of nitrogens with two attached hydrogens (primary N) is 1. The second kappa shape index (κ2) is 6.52. The first-order valence-corrected chi connectivity index (χ1v) is 7.32. The first kappa shape index (κ1) is 15.1. The van der Waals surface area contributed by atoms with Gasteiger partial charge in [0.05, 0.1) is 12.3 Å². The number of nitrogens with zero attached hydrogens (tertiary/aromatic N) is 1. The molecular formula is C18H17FN2O2. The van der Waals surface area contributed by atoms with Gasteiger partial charge in [-0.2, -0.15) is 0 Å². The smallest absolute Gasteiger partial charge is 0.226 e. The molecular weight excluding hydrogens is 295 g/mol. The second-order valence-corrected chi connectivity index (χ2v) is 5.20. The Morgan fingerprint density at radius 2 is 1.78 bits per heavy atom. The third kappa shape index (κ3) is 3.69. The summed E-state index contributed by atoms with van der Waals surface area (Å²) in [4.78, 5) is 4.47. The minimum Gasteiger partial charge on any atom is -0.493 e. The number of hydrogen-bond acceptors (Lipinski definition) is 4. The number of nitrogen functional groups attached to an aromatic ring is 1. The number of anilines is 1. The summed E-state index contributed by atoms with van der Waals surface area (Å²) in [5, 5.41) is 0. The molecule has 23 heavy (non-hydrogen) atoms. The van der Waals surface area contributed by atoms with Crippen LogP contribution in [0.15, 0.2) is 52.9 Å². The van der Waals surface area contributed by atoms with Crippen molar-refractivity contribution in [3.8, 4) is 17.2 Å². The average molecular weight is 312 g/mol. The summed E-state index contributed by atoms with van der Waals surface area (Å²) in [6, 6.07) is 13.3. The van der Waals surface area contributed by atoms with Crippen LogP contribution in [0.3, 0.4) is 0 Å². The van der Waals surface area contributed by atoms with Gasteiger partial charge in [0.25, 0.3) is 0 Å². The highest BCUT2D eigenvalue weighted by Gasteiger charge is 2.11. The number of aromatic nitrogens is 1. The molecule has 0 saturated carbocycles. The monoisotopic (exact) mass is 312 g/mol. The van der Waals surface area contributed by atoms with Gasteiger partial charge in [-0.3, -0.25) is 0 Å². The average Bonchev–Trinajstić information content (AvgIpc) is 2.91. The molecule has 2 aromatic carbocycles. The van der Waals surface area contributed by atoms with Crippen molar-refractivity contribution in [1.82, 2.24) is 4.98 Å². The highest BCUT2D eigenvalue weighted by Crippen LogP contribution is 2.22. The third-order valence-corrected chi connectivity index (χ3v) is 3.47. The van der Waals surface area contributed by atoms with Gasteiger partial charge in [-0.1, -0.05) is 0 Å². The van der Waals surface area contributed by atoms with Crippen molar-refractivity contribution in [2.75, 3.05) is 12.3 Å². The molecule has 1 heterocycles. The van der Waals surface area contributed by atoms with Gasteiger partial charge in [0.1, 0.15) is 17.3 Å². The van der Waals surface area contributed by atoms with Crippen molar-refractivity contribution < 1.29 is 13.5 Å². The van der Waals surface area contributed by atoms with Gasteiger partial charge in [0.2, 0.25) is 5.89 Å². The largest absolute Gasteiger partial charge is 0.493 e. The van der Waals surface area contributed by atoms with Crippen LogP contribution in [0.4, 0.5) is 10.1 Å². The quantitative estimate of drug-likeness (QED) is 0.724. The molecule has 0 aliphatic carbocycles. The molecule has 0 fully saturated rings. The number of oxazole rings is 1. The minimum absolute atomic E-state index is 0.283. The van der Waals surface area contributed by atoms with Crippen molar-refractivity contribution in [3.63, 3.8) is 0 Å². The molecule has 3 aromatic rings. The van der Waals surface area contributed by atoms with E-state index in [4.69, 9.17) is 14.9 Å². The Morgan fingerprint density at radius 1 is 1.09 bits per heavy atom. The van der Waals surface area contributed by atoms with Gasteiger partial charge in [0, 0.05) is 17.7 Å². The highest BCUT2D eigenvalue weighted by atomic mass is 19.1. The summed E-state index contributed by atoms with van der Waals surface area (Å²) < 4.78 is 24.3. The molecule has 0 amide bonds. The van der Waals surface area contributed by atoms with Crippen LogP contribution in [-0.4, -0.2) is 11.6 Å². The van der Waals surface area contributed by atoms with Crippen LogP contribution in [0.1, 0.15) is 11.5 Å². The second-order valence-electron chi connectivity index (χ2n) is 5.20. The van der Waals surface area contributed by atoms with Crippen LogP contribution >= 0.6 is 0 Å². The fourth-order valence-corrected chi connectivity index (χ4v) is 2.21. The van der Waals surface area contributed by atoms with E-state index in [1.807, 2.05) is 19.1 Å². The summed E-state index contributed by atoms with van der Waals surface area (Å²) in [6.45, 7) is 2.35. The van der Waals surface area contributed by atoms with Crippen LogP contribution < -0.4 is 10.5 Å². The number of halogens is 1. The molecule has 0 bridgehead atoms. The molecule has 118 valence electrons. The molecule has 0 aliphatic rings. The summed E-state index contributed by atoms with van der Waals surface area (Å²) in [5.74, 6) is 1.71. The van der Waals surface area contributed by atoms with E-state index in [-0.39, 0.29) is 5.82 Å². The molecule has 0 radical (unpaired) electrons. The van der Waals surface area contributed by atoms with E-state index in [1.165, 1.54) is 12.1 Å². The van der Waals surface area contributed by atoms with Crippen molar-refractivity contribution in [2.45, 2.75) is 13.3 Å². The topological polar surface area (TPSA) is 61.3 Å². The fraction of sp³-hybridized carbons (Fsp3) is 0.167. The number of benzene rings is 2. The van der Waals surface area contributed by atoms with Crippen molar-refractivity contribution in [3.05, 3.63) is 65.8 Å². The van der Waals surface area contributed by atoms with Crippen molar-refractivity contribution in [1.29, 1.82) is 0 Å². The van der Waals surface area contributed by atoms with E-state index < -0.39 is 0 Å². The van der Waals surface area contributed by atoms with Crippen LogP contribution in [0.25, 0.3) is 11.5 Å². The van der Waals surface area contributed by atoms with Crippen LogP contribution in [0.5, 0.6) is 5.75 Å². The molecule has 2 N–H and O–H groups in total. The Balaban J connectivity index is 1.64. The number of aryl methyl sites for hydroxylation is 1. The fourth-order valence-electron chi connectivity index (χ4n) is 2.21. The molecule has 0 spiro atoms. The van der Waals surface area contributed by atoms with E-state index >= 15 is 0 Å². The maximum Gasteiger partial charge on any atom is 0.226 e. The van der Waals surface area contributed by atoms with E-state index in [1.54, 1.807) is 24.3 Å². The lowest BCUT2D eigenvalue weighted by atomic mass is 10.2. The van der Waals surface area contributed by atoms with Crippen LogP contribution in [-0.2, 0) is 6.42 Å². The molecule has 0 saturated heterocycles. The van der Waals surface area contributed by atoms with Gasteiger partial charge in [-0.25, -0.2) is 9.37 Å². The third-order valence-electron chi connectivity index (χ3n) is 3.47. The highest BCUT2D eigenvalue weighted by molar-refractivity contribution is 5.53. The Morgan fingerprint density at radius 3 is 2.48 bits per heavy atom. The predicted octanol–water partition coefficient (Wildman–Crippen LogP) is 3.99. The Bertz CT molecular complexity index is 780. The van der Waals surface area contributed by atoms with E-state index in [0.29, 0.717) is 24.6 Å². The van der Waals surface area contributed by atoms with E-state index in [9.17, 15) is 4.39 Å². The molecule has 1 aromatic heterocycles.